The number of anilines is 2. The molecule has 0 aliphatic carbocycles. The molecule has 0 unspecified atom stereocenters. The fraction of sp³-hybridized carbons (Fsp3) is 0.280. The zero-order valence-corrected chi connectivity index (χ0v) is 21.6. The van der Waals surface area contributed by atoms with Gasteiger partial charge in [0, 0.05) is 23.4 Å². The highest BCUT2D eigenvalue weighted by Gasteiger charge is 2.26. The first-order chi connectivity index (χ1) is 17.7. The fourth-order valence-electron chi connectivity index (χ4n) is 4.81. The molecule has 1 aliphatic rings. The Bertz CT molecular complexity index is 1600. The molecule has 0 saturated carbocycles. The summed E-state index contributed by atoms with van der Waals surface area (Å²) in [7, 11) is -4.28. The molecule has 37 heavy (non-hydrogen) atoms. The van der Waals surface area contributed by atoms with Gasteiger partial charge in [-0.2, -0.15) is 0 Å². The lowest BCUT2D eigenvalue weighted by Crippen LogP contribution is -2.29. The van der Waals surface area contributed by atoms with Crippen LogP contribution in [0.4, 0.5) is 15.9 Å². The van der Waals surface area contributed by atoms with Crippen LogP contribution in [0.25, 0.3) is 22.2 Å². The monoisotopic (exact) mass is 544 g/mol. The van der Waals surface area contributed by atoms with Crippen molar-refractivity contribution < 1.29 is 17.9 Å². The lowest BCUT2D eigenvalue weighted by atomic mass is 10.0. The Labute approximate surface area is 218 Å². The van der Waals surface area contributed by atoms with E-state index < -0.39 is 22.4 Å². The molecular formula is C25H26ClFN6O3S. The number of nitrogens with zero attached hydrogens (tertiary/aromatic N) is 3. The maximum Gasteiger partial charge on any atom is 0.263 e. The average Bonchev–Trinajstić information content (AvgIpc) is 3.27. The van der Waals surface area contributed by atoms with Gasteiger partial charge >= 0.3 is 0 Å². The first kappa shape index (κ1) is 25.4. The van der Waals surface area contributed by atoms with Crippen LogP contribution in [-0.4, -0.2) is 41.1 Å². The molecule has 9 nitrogen and oxygen atoms in total. The Morgan fingerprint density at radius 1 is 1.24 bits per heavy atom. The minimum Gasteiger partial charge on any atom is -0.392 e. The number of aromatic nitrogens is 3. The molecule has 0 radical (unpaired) electrons. The van der Waals surface area contributed by atoms with E-state index in [0.29, 0.717) is 22.2 Å². The van der Waals surface area contributed by atoms with Crippen molar-refractivity contribution in [3.63, 3.8) is 0 Å². The molecule has 2 aromatic carbocycles. The van der Waals surface area contributed by atoms with Crippen LogP contribution in [0.1, 0.15) is 30.0 Å². The number of benzene rings is 2. The molecular weight excluding hydrogens is 519 g/mol. The van der Waals surface area contributed by atoms with Crippen LogP contribution >= 0.6 is 11.6 Å². The van der Waals surface area contributed by atoms with Crippen molar-refractivity contribution in [2.45, 2.75) is 37.3 Å². The van der Waals surface area contributed by atoms with Gasteiger partial charge in [0.05, 0.1) is 22.7 Å². The van der Waals surface area contributed by atoms with Crippen LogP contribution in [0.15, 0.2) is 47.8 Å². The molecule has 0 atom stereocenters. The smallest absolute Gasteiger partial charge is 0.263 e. The minimum atomic E-state index is -4.28. The largest absolute Gasteiger partial charge is 0.392 e. The van der Waals surface area contributed by atoms with E-state index in [1.54, 1.807) is 25.1 Å². The molecule has 0 spiro atoms. The maximum atomic E-state index is 15.9. The number of nitrogen functional groups attached to an aromatic ring is 1. The number of hydrogen-bond donors (Lipinski definition) is 4. The van der Waals surface area contributed by atoms with Crippen LogP contribution in [0, 0.1) is 12.7 Å². The summed E-state index contributed by atoms with van der Waals surface area (Å²) in [6, 6.07) is 7.56. The van der Waals surface area contributed by atoms with Gasteiger partial charge in [-0.05, 0) is 56.1 Å². The third-order valence-electron chi connectivity index (χ3n) is 6.59. The van der Waals surface area contributed by atoms with Crippen LogP contribution in [0.5, 0.6) is 0 Å². The third-order valence-corrected chi connectivity index (χ3v) is 8.54. The Morgan fingerprint density at radius 2 is 2.00 bits per heavy atom. The molecule has 5 N–H and O–H groups in total. The van der Waals surface area contributed by atoms with Crippen LogP contribution in [0.2, 0.25) is 5.02 Å². The molecule has 0 bridgehead atoms. The van der Waals surface area contributed by atoms with E-state index in [1.807, 2.05) is 10.8 Å². The highest BCUT2D eigenvalue weighted by Crippen LogP contribution is 2.39. The summed E-state index contributed by atoms with van der Waals surface area (Å²) in [6.45, 7) is 2.95. The summed E-state index contributed by atoms with van der Waals surface area (Å²) in [4.78, 5) is 8.29. The van der Waals surface area contributed by atoms with Crippen LogP contribution in [0.3, 0.4) is 0 Å². The summed E-state index contributed by atoms with van der Waals surface area (Å²) in [5.41, 5.74) is 8.04. The lowest BCUT2D eigenvalue weighted by Gasteiger charge is -2.24. The van der Waals surface area contributed by atoms with E-state index in [0.717, 1.165) is 25.9 Å². The molecule has 194 valence electrons. The van der Waals surface area contributed by atoms with Crippen molar-refractivity contribution in [3.8, 4) is 11.1 Å². The number of nitrogens with two attached hydrogens (primary N) is 1. The van der Waals surface area contributed by atoms with Gasteiger partial charge in [-0.1, -0.05) is 29.8 Å². The maximum absolute atomic E-state index is 15.9. The van der Waals surface area contributed by atoms with Gasteiger partial charge < -0.3 is 20.7 Å². The summed E-state index contributed by atoms with van der Waals surface area (Å²) >= 11 is 6.25. The predicted molar refractivity (Wildman–Crippen MR) is 141 cm³/mol. The number of halogens is 2. The zero-order valence-electron chi connectivity index (χ0n) is 20.0. The number of aliphatic hydroxyl groups excluding tert-OH is 1. The standard InChI is InChI=1S/C25H26ClFN6O3S/c1-14-9-15(12-34)22(26)20(10-14)37(35,36)32-19-4-2-3-17(23(19)27)18-11-33(16-5-7-29-8-6-16)25-21(18)24(28)30-13-31-25/h2-4,9-11,13,16,29,32,34H,5-8,12H2,1H3,(H2,28,30,31). The normalized spacial score (nSPS) is 14.8. The van der Waals surface area contributed by atoms with Crippen molar-refractivity contribution >= 4 is 44.2 Å². The number of piperidine rings is 1. The SMILES string of the molecule is Cc1cc(CO)c(Cl)c(S(=O)(=O)Nc2cccc(-c3cn(C4CCNCC4)c4ncnc(N)c34)c2F)c1. The predicted octanol–water partition coefficient (Wildman–Crippen LogP) is 4.00. The fourth-order valence-corrected chi connectivity index (χ4v) is 6.55. The number of aryl methyl sites for hydroxylation is 1. The van der Waals surface area contributed by atoms with Gasteiger partial charge in [-0.3, -0.25) is 4.72 Å². The molecule has 1 saturated heterocycles. The number of rotatable bonds is 6. The van der Waals surface area contributed by atoms with E-state index >= 15 is 4.39 Å². The minimum absolute atomic E-state index is 0.118. The second-order valence-corrected chi connectivity index (χ2v) is 11.1. The first-order valence-electron chi connectivity index (χ1n) is 11.7. The molecule has 12 heteroatoms. The molecule has 5 rings (SSSR count). The van der Waals surface area contributed by atoms with Crippen LogP contribution in [-0.2, 0) is 16.6 Å². The molecule has 0 amide bonds. The summed E-state index contributed by atoms with van der Waals surface area (Å²) in [6.07, 6.45) is 4.95. The van der Waals surface area contributed by atoms with Crippen molar-refractivity contribution in [1.29, 1.82) is 0 Å². The summed E-state index contributed by atoms with van der Waals surface area (Å²) in [5, 5.41) is 13.3. The zero-order chi connectivity index (χ0) is 26.3. The Morgan fingerprint density at radius 3 is 2.73 bits per heavy atom. The van der Waals surface area contributed by atoms with E-state index in [4.69, 9.17) is 17.3 Å². The van der Waals surface area contributed by atoms with E-state index in [2.05, 4.69) is 20.0 Å². The van der Waals surface area contributed by atoms with E-state index in [1.165, 1.54) is 18.5 Å². The van der Waals surface area contributed by atoms with Gasteiger partial charge in [-0.25, -0.2) is 22.8 Å². The highest BCUT2D eigenvalue weighted by molar-refractivity contribution is 7.92. The highest BCUT2D eigenvalue weighted by atomic mass is 35.5. The van der Waals surface area contributed by atoms with Gasteiger partial charge in [0.2, 0.25) is 0 Å². The van der Waals surface area contributed by atoms with Crippen molar-refractivity contribution in [2.75, 3.05) is 23.5 Å². The summed E-state index contributed by atoms with van der Waals surface area (Å²) < 4.78 is 46.7. The van der Waals surface area contributed by atoms with E-state index in [-0.39, 0.29) is 38.6 Å². The van der Waals surface area contributed by atoms with Gasteiger partial charge in [0.15, 0.2) is 5.82 Å². The second kappa shape index (κ2) is 9.90. The van der Waals surface area contributed by atoms with Gasteiger partial charge in [0.25, 0.3) is 10.0 Å². The van der Waals surface area contributed by atoms with Crippen LogP contribution < -0.4 is 15.8 Å². The lowest BCUT2D eigenvalue weighted by molar-refractivity contribution is 0.281. The molecule has 2 aromatic heterocycles. The molecule has 1 fully saturated rings. The number of nitrogens with one attached hydrogen (secondary N) is 2. The van der Waals surface area contributed by atoms with Crippen molar-refractivity contribution in [3.05, 3.63) is 64.8 Å². The van der Waals surface area contributed by atoms with Gasteiger partial charge in [-0.15, -0.1) is 0 Å². The van der Waals surface area contributed by atoms with Crippen molar-refractivity contribution in [1.82, 2.24) is 19.9 Å². The molecule has 4 aromatic rings. The van der Waals surface area contributed by atoms with Crippen molar-refractivity contribution in [2.24, 2.45) is 0 Å². The Balaban J connectivity index is 1.60. The first-order valence-corrected chi connectivity index (χ1v) is 13.6. The molecule has 1 aliphatic heterocycles. The quantitative estimate of drug-likeness (QED) is 0.288. The number of hydrogen-bond acceptors (Lipinski definition) is 7. The van der Waals surface area contributed by atoms with E-state index in [9.17, 15) is 13.5 Å². The Kier molecular flexibility index (Phi) is 6.80. The average molecular weight is 545 g/mol. The topological polar surface area (TPSA) is 135 Å². The number of sulfonamides is 1. The summed E-state index contributed by atoms with van der Waals surface area (Å²) in [5.74, 6) is -0.564. The third kappa shape index (κ3) is 4.63. The Hall–Kier alpha value is -3.25. The second-order valence-electron chi connectivity index (χ2n) is 9.06. The number of aliphatic hydroxyl groups is 1. The van der Waals surface area contributed by atoms with Gasteiger partial charge in [0.1, 0.15) is 22.7 Å². The number of fused-ring (bicyclic) bond motifs is 1. The molecule has 3 heterocycles.